The standard InChI is InChI=1S/C32H26F2N4O3S3/c1-18-2-9-23(43-18)10-7-21-16-22(8-11-25(21)33)30-24(14-20-6-13-29(44(35)41)26(34)15-20)28(12-5-19-3-4-19)38(37-30)32-36-27(17-42-32)31(39)40/h2,6,8-9,11,13,15-17,19H,3-5,12,14,35H2,1H3,(H,39,40). The number of thiophene rings is 1. The van der Waals surface area contributed by atoms with E-state index in [0.717, 1.165) is 51.6 Å². The summed E-state index contributed by atoms with van der Waals surface area (Å²) in [4.78, 5) is 17.8. The van der Waals surface area contributed by atoms with E-state index < -0.39 is 28.6 Å². The Hall–Kier alpha value is -4.02. The number of nitrogens with zero attached hydrogens (tertiary/aromatic N) is 3. The second kappa shape index (κ2) is 12.5. The molecule has 44 heavy (non-hydrogen) atoms. The summed E-state index contributed by atoms with van der Waals surface area (Å²) in [5.41, 5.74) is 3.45. The Morgan fingerprint density at radius 2 is 1.95 bits per heavy atom. The van der Waals surface area contributed by atoms with Crippen molar-refractivity contribution in [2.75, 3.05) is 0 Å². The van der Waals surface area contributed by atoms with Crippen molar-refractivity contribution < 1.29 is 22.9 Å². The lowest BCUT2D eigenvalue weighted by atomic mass is 9.96. The lowest BCUT2D eigenvalue weighted by Crippen LogP contribution is -2.07. The molecule has 7 nitrogen and oxygen atoms in total. The van der Waals surface area contributed by atoms with Crippen LogP contribution in [-0.2, 0) is 23.8 Å². The highest BCUT2D eigenvalue weighted by Crippen LogP contribution is 2.37. The Labute approximate surface area is 263 Å². The molecule has 3 aromatic heterocycles. The minimum Gasteiger partial charge on any atom is -0.476 e. The maximum atomic E-state index is 15.0. The van der Waals surface area contributed by atoms with E-state index in [4.69, 9.17) is 10.2 Å². The molecule has 1 saturated carbocycles. The van der Waals surface area contributed by atoms with Gasteiger partial charge < -0.3 is 5.11 Å². The number of aromatic nitrogens is 3. The molecule has 1 fully saturated rings. The molecule has 0 amide bonds. The van der Waals surface area contributed by atoms with Gasteiger partial charge in [0.2, 0.25) is 5.13 Å². The summed E-state index contributed by atoms with van der Waals surface area (Å²) < 4.78 is 43.2. The van der Waals surface area contributed by atoms with E-state index >= 15 is 0 Å². The first-order valence-electron chi connectivity index (χ1n) is 13.8. The first kappa shape index (κ1) is 30.0. The summed E-state index contributed by atoms with van der Waals surface area (Å²) in [6.45, 7) is 1.98. The number of halogens is 2. The van der Waals surface area contributed by atoms with Crippen LogP contribution >= 0.6 is 22.7 Å². The van der Waals surface area contributed by atoms with Crippen LogP contribution in [-0.4, -0.2) is 30.0 Å². The summed E-state index contributed by atoms with van der Waals surface area (Å²) in [5, 5.41) is 21.7. The van der Waals surface area contributed by atoms with Gasteiger partial charge >= 0.3 is 5.97 Å². The average Bonchev–Trinajstić information content (AvgIpc) is 3.34. The minimum absolute atomic E-state index is 0.0904. The van der Waals surface area contributed by atoms with Crippen molar-refractivity contribution in [3.05, 3.63) is 103 Å². The number of nitrogens with two attached hydrogens (primary N) is 1. The third-order valence-corrected chi connectivity index (χ3v) is 9.86. The molecular weight excluding hydrogens is 623 g/mol. The van der Waals surface area contributed by atoms with Crippen LogP contribution in [0.2, 0.25) is 0 Å². The first-order chi connectivity index (χ1) is 21.2. The molecule has 1 unspecified atom stereocenters. The summed E-state index contributed by atoms with van der Waals surface area (Å²) in [6.07, 6.45) is 4.07. The van der Waals surface area contributed by atoms with Gasteiger partial charge in [-0.15, -0.1) is 22.7 Å². The quantitative estimate of drug-likeness (QED) is 0.174. The molecule has 5 aromatic rings. The molecule has 0 bridgehead atoms. The number of carboxylic acids is 1. The van der Waals surface area contributed by atoms with Gasteiger partial charge in [0.05, 0.1) is 26.7 Å². The lowest BCUT2D eigenvalue weighted by Gasteiger charge is -2.10. The SMILES string of the molecule is Cc1ccc(C#Cc2cc(-c3nn(-c4nc(C(=O)O)cs4)c(CCC4CC4)c3Cc3ccc(S(N)=O)c(F)c3)ccc2F)s1. The van der Waals surface area contributed by atoms with Crippen molar-refractivity contribution in [2.45, 2.75) is 43.9 Å². The van der Waals surface area contributed by atoms with Gasteiger partial charge in [0, 0.05) is 27.8 Å². The van der Waals surface area contributed by atoms with E-state index in [1.54, 1.807) is 22.9 Å². The van der Waals surface area contributed by atoms with Crippen molar-refractivity contribution in [3.63, 3.8) is 0 Å². The van der Waals surface area contributed by atoms with E-state index in [1.165, 1.54) is 34.9 Å². The molecule has 1 aliphatic carbocycles. The lowest BCUT2D eigenvalue weighted by molar-refractivity contribution is 0.0691. The summed E-state index contributed by atoms with van der Waals surface area (Å²) >= 11 is 2.68. The fourth-order valence-corrected chi connectivity index (χ4v) is 6.89. The van der Waals surface area contributed by atoms with Gasteiger partial charge in [-0.3, -0.25) is 0 Å². The molecule has 12 heteroatoms. The zero-order valence-corrected chi connectivity index (χ0v) is 25.9. The molecular formula is C32H26F2N4O3S3. The van der Waals surface area contributed by atoms with Crippen molar-refractivity contribution in [2.24, 2.45) is 11.1 Å². The highest BCUT2D eigenvalue weighted by atomic mass is 32.2. The van der Waals surface area contributed by atoms with E-state index in [-0.39, 0.29) is 22.6 Å². The van der Waals surface area contributed by atoms with Gasteiger partial charge in [-0.2, -0.15) is 5.10 Å². The van der Waals surface area contributed by atoms with Crippen LogP contribution < -0.4 is 5.14 Å². The largest absolute Gasteiger partial charge is 0.476 e. The number of aromatic carboxylic acids is 1. The second-order valence-electron chi connectivity index (χ2n) is 10.6. The average molecular weight is 649 g/mol. The Kier molecular flexibility index (Phi) is 8.55. The normalized spacial score (nSPS) is 13.5. The predicted octanol–water partition coefficient (Wildman–Crippen LogP) is 6.66. The van der Waals surface area contributed by atoms with E-state index in [9.17, 15) is 22.9 Å². The number of rotatable bonds is 9. The van der Waals surface area contributed by atoms with Crippen LogP contribution in [0.25, 0.3) is 16.4 Å². The van der Waals surface area contributed by atoms with Crippen molar-refractivity contribution >= 4 is 39.6 Å². The van der Waals surface area contributed by atoms with Crippen LogP contribution in [0.15, 0.2) is 58.8 Å². The monoisotopic (exact) mass is 648 g/mol. The molecule has 1 aliphatic rings. The number of aryl methyl sites for hydroxylation is 1. The first-order valence-corrected chi connectivity index (χ1v) is 16.7. The van der Waals surface area contributed by atoms with Gasteiger partial charge in [0.1, 0.15) is 22.6 Å². The maximum Gasteiger partial charge on any atom is 0.355 e. The van der Waals surface area contributed by atoms with Gasteiger partial charge in [-0.25, -0.2) is 32.6 Å². The van der Waals surface area contributed by atoms with E-state index in [2.05, 4.69) is 16.8 Å². The van der Waals surface area contributed by atoms with Crippen LogP contribution in [0.4, 0.5) is 8.78 Å². The zero-order chi connectivity index (χ0) is 31.0. The number of hydrogen-bond donors (Lipinski definition) is 2. The molecule has 6 rings (SSSR count). The van der Waals surface area contributed by atoms with Crippen molar-refractivity contribution in [1.82, 2.24) is 14.8 Å². The fraction of sp³-hybridized carbons (Fsp3) is 0.219. The molecule has 224 valence electrons. The molecule has 1 atom stereocenters. The van der Waals surface area contributed by atoms with E-state index in [1.807, 2.05) is 19.1 Å². The van der Waals surface area contributed by atoms with Gasteiger partial charge in [0.25, 0.3) is 0 Å². The molecule has 3 heterocycles. The van der Waals surface area contributed by atoms with Crippen LogP contribution in [0, 0.1) is 36.3 Å². The third-order valence-electron chi connectivity index (χ3n) is 7.36. The van der Waals surface area contributed by atoms with Gasteiger partial charge in [-0.1, -0.05) is 30.7 Å². The maximum absolute atomic E-state index is 15.0. The predicted molar refractivity (Wildman–Crippen MR) is 167 cm³/mol. The zero-order valence-electron chi connectivity index (χ0n) is 23.5. The molecule has 0 saturated heterocycles. The van der Waals surface area contributed by atoms with Crippen LogP contribution in [0.5, 0.6) is 0 Å². The highest BCUT2D eigenvalue weighted by Gasteiger charge is 2.27. The summed E-state index contributed by atoms with van der Waals surface area (Å²) in [6, 6.07) is 12.9. The van der Waals surface area contributed by atoms with Crippen molar-refractivity contribution in [3.8, 4) is 28.2 Å². The number of carbonyl (C=O) groups is 1. The highest BCUT2D eigenvalue weighted by molar-refractivity contribution is 7.82. The summed E-state index contributed by atoms with van der Waals surface area (Å²) in [7, 11) is -1.97. The van der Waals surface area contributed by atoms with Gasteiger partial charge in [-0.05, 0) is 73.7 Å². The Balaban J connectivity index is 1.50. The molecule has 0 spiro atoms. The Morgan fingerprint density at radius 3 is 2.61 bits per heavy atom. The number of hydrogen-bond acceptors (Lipinski definition) is 6. The fourth-order valence-electron chi connectivity index (χ4n) is 4.95. The molecule has 0 aliphatic heterocycles. The number of benzene rings is 2. The minimum atomic E-state index is -1.97. The Bertz CT molecular complexity index is 1980. The van der Waals surface area contributed by atoms with Gasteiger partial charge in [0.15, 0.2) is 5.69 Å². The summed E-state index contributed by atoms with van der Waals surface area (Å²) in [5.74, 6) is 4.28. The molecule has 0 radical (unpaired) electrons. The smallest absolute Gasteiger partial charge is 0.355 e. The topological polar surface area (TPSA) is 111 Å². The molecule has 3 N–H and O–H groups in total. The Morgan fingerprint density at radius 1 is 1.14 bits per heavy atom. The number of thiazole rings is 1. The van der Waals surface area contributed by atoms with Crippen molar-refractivity contribution in [1.29, 1.82) is 0 Å². The second-order valence-corrected chi connectivity index (χ2v) is 13.7. The van der Waals surface area contributed by atoms with E-state index in [0.29, 0.717) is 34.3 Å². The molecule has 2 aromatic carbocycles. The number of carboxylic acid groups (broad SMARTS) is 1. The van der Waals surface area contributed by atoms with Crippen LogP contribution in [0.3, 0.4) is 0 Å². The third kappa shape index (κ3) is 6.56. The van der Waals surface area contributed by atoms with Crippen LogP contribution in [0.1, 0.15) is 61.9 Å².